The number of aromatic nitrogens is 2. The Morgan fingerprint density at radius 1 is 1.03 bits per heavy atom. The van der Waals surface area contributed by atoms with Crippen LogP contribution in [0.4, 0.5) is 11.8 Å². The number of fused-ring (bicyclic) bond motifs is 2. The molecule has 2 aromatic carbocycles. The van der Waals surface area contributed by atoms with Crippen LogP contribution in [0.25, 0.3) is 10.9 Å². The smallest absolute Gasteiger partial charge is 0.231 e. The molecule has 33 heavy (non-hydrogen) atoms. The Kier molecular flexibility index (Phi) is 5.90. The van der Waals surface area contributed by atoms with E-state index in [4.69, 9.17) is 19.4 Å². The summed E-state index contributed by atoms with van der Waals surface area (Å²) in [6, 6.07) is 14.1. The second-order valence-corrected chi connectivity index (χ2v) is 8.88. The summed E-state index contributed by atoms with van der Waals surface area (Å²) in [6.45, 7) is 0.745. The zero-order chi connectivity index (χ0) is 22.8. The van der Waals surface area contributed by atoms with Gasteiger partial charge in [-0.25, -0.2) is 4.98 Å². The van der Waals surface area contributed by atoms with E-state index in [2.05, 4.69) is 10.6 Å². The molecule has 1 aliphatic heterocycles. The van der Waals surface area contributed by atoms with Crippen LogP contribution in [0.3, 0.4) is 0 Å². The van der Waals surface area contributed by atoms with Gasteiger partial charge in [0.2, 0.25) is 18.6 Å². The van der Waals surface area contributed by atoms with Gasteiger partial charge in [-0.15, -0.1) is 0 Å². The highest BCUT2D eigenvalue weighted by atomic mass is 16.7. The Morgan fingerprint density at radius 2 is 1.82 bits per heavy atom. The van der Waals surface area contributed by atoms with E-state index in [0.29, 0.717) is 12.5 Å². The lowest BCUT2D eigenvalue weighted by atomic mass is 9.85. The van der Waals surface area contributed by atoms with Crippen LogP contribution < -0.4 is 25.0 Å². The summed E-state index contributed by atoms with van der Waals surface area (Å²) in [4.78, 5) is 24.2. The number of rotatable bonds is 6. The van der Waals surface area contributed by atoms with E-state index in [0.717, 1.165) is 59.5 Å². The van der Waals surface area contributed by atoms with Crippen LogP contribution in [-0.4, -0.2) is 42.8 Å². The number of para-hydroxylation sites is 1. The van der Waals surface area contributed by atoms with Crippen LogP contribution in [0.1, 0.15) is 31.2 Å². The topological polar surface area (TPSA) is 88.6 Å². The van der Waals surface area contributed by atoms with Crippen LogP contribution >= 0.6 is 0 Å². The fourth-order valence-corrected chi connectivity index (χ4v) is 4.53. The molecule has 1 aliphatic carbocycles. The molecule has 8 heteroatoms. The maximum absolute atomic E-state index is 12.7. The molecular weight excluding hydrogens is 418 g/mol. The third-order valence-corrected chi connectivity index (χ3v) is 6.34. The zero-order valence-corrected chi connectivity index (χ0v) is 19.0. The molecule has 1 amide bonds. The molecule has 1 saturated carbocycles. The second-order valence-electron chi connectivity index (χ2n) is 8.88. The number of amides is 1. The van der Waals surface area contributed by atoms with Gasteiger partial charge in [-0.05, 0) is 55.5 Å². The molecule has 8 nitrogen and oxygen atoms in total. The first-order valence-corrected chi connectivity index (χ1v) is 11.4. The summed E-state index contributed by atoms with van der Waals surface area (Å²) in [5.41, 5.74) is 1.93. The second kappa shape index (κ2) is 9.13. The molecule has 0 saturated heterocycles. The molecule has 0 radical (unpaired) electrons. The van der Waals surface area contributed by atoms with Gasteiger partial charge >= 0.3 is 0 Å². The van der Waals surface area contributed by atoms with E-state index in [9.17, 15) is 4.79 Å². The fraction of sp³-hybridized carbons (Fsp3) is 0.400. The number of carbonyl (C=O) groups excluding carboxylic acids is 1. The summed E-state index contributed by atoms with van der Waals surface area (Å²) in [6.07, 6.45) is 3.52. The summed E-state index contributed by atoms with van der Waals surface area (Å²) in [5.74, 6) is 3.19. The van der Waals surface area contributed by atoms with Gasteiger partial charge < -0.3 is 25.0 Å². The van der Waals surface area contributed by atoms with Gasteiger partial charge in [-0.3, -0.25) is 4.79 Å². The van der Waals surface area contributed by atoms with Gasteiger partial charge in [-0.1, -0.05) is 18.2 Å². The van der Waals surface area contributed by atoms with Gasteiger partial charge in [0.25, 0.3) is 0 Å². The van der Waals surface area contributed by atoms with E-state index < -0.39 is 0 Å². The first kappa shape index (κ1) is 21.3. The van der Waals surface area contributed by atoms with Crippen molar-refractivity contribution in [1.29, 1.82) is 0 Å². The number of hydrogen-bond acceptors (Lipinski definition) is 7. The molecule has 2 N–H and O–H groups in total. The SMILES string of the molecule is CN(C)c1nc(NC2CCC(C(=O)NCc3ccc4c(c3)OCO4)CC2)nc2ccccc12. The van der Waals surface area contributed by atoms with E-state index in [1.807, 2.05) is 61.5 Å². The van der Waals surface area contributed by atoms with Crippen molar-refractivity contribution in [2.45, 2.75) is 38.3 Å². The van der Waals surface area contributed by atoms with Gasteiger partial charge in [0, 0.05) is 38.0 Å². The van der Waals surface area contributed by atoms with Crippen molar-refractivity contribution in [2.24, 2.45) is 5.92 Å². The average molecular weight is 448 g/mol. The van der Waals surface area contributed by atoms with E-state index in [1.165, 1.54) is 0 Å². The Hall–Kier alpha value is -3.55. The number of nitrogens with one attached hydrogen (secondary N) is 2. The molecule has 5 rings (SSSR count). The zero-order valence-electron chi connectivity index (χ0n) is 19.0. The van der Waals surface area contributed by atoms with Crippen LogP contribution in [-0.2, 0) is 11.3 Å². The number of benzene rings is 2. The Balaban J connectivity index is 1.15. The third kappa shape index (κ3) is 4.65. The minimum absolute atomic E-state index is 0.0342. The molecule has 1 fully saturated rings. The van der Waals surface area contributed by atoms with Crippen molar-refractivity contribution >= 4 is 28.6 Å². The molecule has 0 spiro atoms. The van der Waals surface area contributed by atoms with Crippen LogP contribution in [0.5, 0.6) is 11.5 Å². The van der Waals surface area contributed by atoms with Crippen molar-refractivity contribution in [3.63, 3.8) is 0 Å². The van der Waals surface area contributed by atoms with Crippen molar-refractivity contribution in [1.82, 2.24) is 15.3 Å². The molecule has 1 aromatic heterocycles. The highest BCUT2D eigenvalue weighted by Gasteiger charge is 2.27. The molecule has 2 aliphatic rings. The molecule has 0 bridgehead atoms. The molecule has 0 atom stereocenters. The predicted molar refractivity (Wildman–Crippen MR) is 128 cm³/mol. The number of carbonyl (C=O) groups is 1. The molecular formula is C25H29N5O3. The Bertz CT molecular complexity index is 1160. The molecule has 0 unspecified atom stereocenters. The third-order valence-electron chi connectivity index (χ3n) is 6.34. The number of anilines is 2. The van der Waals surface area contributed by atoms with Crippen LogP contribution in [0.2, 0.25) is 0 Å². The minimum Gasteiger partial charge on any atom is -0.454 e. The highest BCUT2D eigenvalue weighted by Crippen LogP contribution is 2.33. The molecule has 2 heterocycles. The largest absolute Gasteiger partial charge is 0.454 e. The van der Waals surface area contributed by atoms with Crippen molar-refractivity contribution < 1.29 is 14.3 Å². The first-order chi connectivity index (χ1) is 16.1. The average Bonchev–Trinajstić information content (AvgIpc) is 3.30. The van der Waals surface area contributed by atoms with Gasteiger partial charge in [-0.2, -0.15) is 4.98 Å². The van der Waals surface area contributed by atoms with Crippen LogP contribution in [0.15, 0.2) is 42.5 Å². The number of nitrogens with zero attached hydrogens (tertiary/aromatic N) is 3. The van der Waals surface area contributed by atoms with Gasteiger partial charge in [0.05, 0.1) is 5.52 Å². The minimum atomic E-state index is 0.0342. The lowest BCUT2D eigenvalue weighted by Crippen LogP contribution is -2.35. The maximum Gasteiger partial charge on any atom is 0.231 e. The van der Waals surface area contributed by atoms with Crippen molar-refractivity contribution in [3.05, 3.63) is 48.0 Å². The maximum atomic E-state index is 12.7. The summed E-state index contributed by atoms with van der Waals surface area (Å²) < 4.78 is 10.8. The highest BCUT2D eigenvalue weighted by molar-refractivity contribution is 5.90. The summed E-state index contributed by atoms with van der Waals surface area (Å²) in [7, 11) is 3.98. The van der Waals surface area contributed by atoms with E-state index in [-0.39, 0.29) is 24.7 Å². The van der Waals surface area contributed by atoms with E-state index >= 15 is 0 Å². The molecule has 172 valence electrons. The first-order valence-electron chi connectivity index (χ1n) is 11.4. The van der Waals surface area contributed by atoms with E-state index in [1.54, 1.807) is 0 Å². The summed E-state index contributed by atoms with van der Waals surface area (Å²) >= 11 is 0. The van der Waals surface area contributed by atoms with Gasteiger partial charge in [0.1, 0.15) is 5.82 Å². The number of hydrogen-bond donors (Lipinski definition) is 2. The fourth-order valence-electron chi connectivity index (χ4n) is 4.53. The number of ether oxygens (including phenoxy) is 2. The summed E-state index contributed by atoms with van der Waals surface area (Å²) in [5, 5.41) is 7.62. The predicted octanol–water partition coefficient (Wildman–Crippen LogP) is 3.71. The van der Waals surface area contributed by atoms with Crippen LogP contribution in [0, 0.1) is 5.92 Å². The Morgan fingerprint density at radius 3 is 2.64 bits per heavy atom. The normalized spacial score (nSPS) is 19.3. The van der Waals surface area contributed by atoms with Crippen molar-refractivity contribution in [3.8, 4) is 11.5 Å². The molecule has 3 aromatic rings. The van der Waals surface area contributed by atoms with Gasteiger partial charge in [0.15, 0.2) is 11.5 Å². The Labute approximate surface area is 193 Å². The monoisotopic (exact) mass is 447 g/mol. The quantitative estimate of drug-likeness (QED) is 0.595. The lowest BCUT2D eigenvalue weighted by Gasteiger charge is -2.28. The lowest BCUT2D eigenvalue weighted by molar-refractivity contribution is -0.126. The standard InChI is InChI=1S/C25H29N5O3/c1-30(2)23-19-5-3-4-6-20(19)28-25(29-23)27-18-10-8-17(9-11-18)24(31)26-14-16-7-12-21-22(13-16)33-15-32-21/h3-7,12-13,17-18H,8-11,14-15H2,1-2H3,(H,26,31)(H,27,28,29). The van der Waals surface area contributed by atoms with Crippen molar-refractivity contribution in [2.75, 3.05) is 31.1 Å².